The standard InChI is InChI=1S/C16H25BrN2/c1-12(17)13-7-9-19(10-8-13)15-6-5-14(11-18-15)16(2,3)4/h5-6,11-13H,7-10H2,1-4H3. The van der Waals surface area contributed by atoms with E-state index in [9.17, 15) is 0 Å². The smallest absolute Gasteiger partial charge is 0.128 e. The lowest BCUT2D eigenvalue weighted by Crippen LogP contribution is -2.36. The highest BCUT2D eigenvalue weighted by atomic mass is 79.9. The predicted octanol–water partition coefficient (Wildman–Crippen LogP) is 4.38. The zero-order valence-electron chi connectivity index (χ0n) is 12.5. The zero-order chi connectivity index (χ0) is 14.0. The quantitative estimate of drug-likeness (QED) is 0.750. The minimum atomic E-state index is 0.184. The van der Waals surface area contributed by atoms with Gasteiger partial charge in [0.1, 0.15) is 5.82 Å². The second-order valence-corrected chi connectivity index (χ2v) is 8.10. The first-order chi connectivity index (χ1) is 8.88. The second kappa shape index (κ2) is 5.82. The van der Waals surface area contributed by atoms with Gasteiger partial charge in [0.15, 0.2) is 0 Å². The van der Waals surface area contributed by atoms with Crippen molar-refractivity contribution in [2.45, 2.75) is 50.8 Å². The summed E-state index contributed by atoms with van der Waals surface area (Å²) in [6, 6.07) is 4.40. The van der Waals surface area contributed by atoms with Crippen LogP contribution in [0.2, 0.25) is 0 Å². The molecule has 19 heavy (non-hydrogen) atoms. The minimum absolute atomic E-state index is 0.184. The third kappa shape index (κ3) is 3.71. The molecule has 0 radical (unpaired) electrons. The maximum Gasteiger partial charge on any atom is 0.128 e. The number of pyridine rings is 1. The van der Waals surface area contributed by atoms with E-state index in [-0.39, 0.29) is 5.41 Å². The van der Waals surface area contributed by atoms with Crippen molar-refractivity contribution >= 4 is 21.7 Å². The van der Waals surface area contributed by atoms with Gasteiger partial charge in [0.25, 0.3) is 0 Å². The van der Waals surface area contributed by atoms with E-state index in [0.29, 0.717) is 4.83 Å². The van der Waals surface area contributed by atoms with E-state index in [1.807, 2.05) is 6.20 Å². The Kier molecular flexibility index (Phi) is 4.54. The molecule has 0 aromatic carbocycles. The molecule has 1 aliphatic rings. The van der Waals surface area contributed by atoms with E-state index < -0.39 is 0 Å². The molecule has 1 aromatic heterocycles. The Morgan fingerprint density at radius 2 is 1.89 bits per heavy atom. The number of nitrogens with zero attached hydrogens (tertiary/aromatic N) is 2. The molecule has 2 heterocycles. The Morgan fingerprint density at radius 3 is 2.32 bits per heavy atom. The number of hydrogen-bond acceptors (Lipinski definition) is 2. The summed E-state index contributed by atoms with van der Waals surface area (Å²) in [6.07, 6.45) is 4.55. The third-order valence-electron chi connectivity index (χ3n) is 4.13. The Bertz CT molecular complexity index is 398. The fourth-order valence-corrected chi connectivity index (χ4v) is 3.13. The molecule has 1 fully saturated rings. The summed E-state index contributed by atoms with van der Waals surface area (Å²) in [5.41, 5.74) is 1.49. The SMILES string of the molecule is CC(Br)C1CCN(c2ccc(C(C)(C)C)cn2)CC1. The van der Waals surface area contributed by atoms with E-state index in [0.717, 1.165) is 24.8 Å². The van der Waals surface area contributed by atoms with Gasteiger partial charge in [-0.05, 0) is 35.8 Å². The van der Waals surface area contributed by atoms with Crippen LogP contribution in [0.5, 0.6) is 0 Å². The molecule has 0 amide bonds. The largest absolute Gasteiger partial charge is 0.357 e. The van der Waals surface area contributed by atoms with Crippen LogP contribution in [-0.4, -0.2) is 22.9 Å². The van der Waals surface area contributed by atoms with Crippen LogP contribution in [0, 0.1) is 5.92 Å². The highest BCUT2D eigenvalue weighted by molar-refractivity contribution is 9.09. The van der Waals surface area contributed by atoms with Crippen molar-refractivity contribution < 1.29 is 0 Å². The lowest BCUT2D eigenvalue weighted by atomic mass is 9.88. The van der Waals surface area contributed by atoms with E-state index >= 15 is 0 Å². The number of alkyl halides is 1. The predicted molar refractivity (Wildman–Crippen MR) is 86.3 cm³/mol. The fraction of sp³-hybridized carbons (Fsp3) is 0.688. The maximum atomic E-state index is 4.65. The summed E-state index contributed by atoms with van der Waals surface area (Å²) < 4.78 is 0. The molecule has 0 spiro atoms. The molecule has 1 aromatic rings. The van der Waals surface area contributed by atoms with Gasteiger partial charge in [-0.3, -0.25) is 0 Å². The van der Waals surface area contributed by atoms with Gasteiger partial charge in [-0.25, -0.2) is 4.98 Å². The summed E-state index contributed by atoms with van der Waals surface area (Å²) in [5.74, 6) is 1.94. The molecule has 106 valence electrons. The minimum Gasteiger partial charge on any atom is -0.357 e. The van der Waals surface area contributed by atoms with Crippen molar-refractivity contribution in [3.05, 3.63) is 23.9 Å². The van der Waals surface area contributed by atoms with E-state index in [1.165, 1.54) is 18.4 Å². The van der Waals surface area contributed by atoms with Crippen molar-refractivity contribution in [3.8, 4) is 0 Å². The molecule has 1 saturated heterocycles. The molecular formula is C16H25BrN2. The Hall–Kier alpha value is -0.570. The normalized spacial score (nSPS) is 19.5. The number of anilines is 1. The lowest BCUT2D eigenvalue weighted by molar-refractivity contribution is 0.405. The van der Waals surface area contributed by atoms with Crippen molar-refractivity contribution in [2.24, 2.45) is 5.92 Å². The van der Waals surface area contributed by atoms with Gasteiger partial charge in [-0.2, -0.15) is 0 Å². The molecule has 0 bridgehead atoms. The number of aromatic nitrogens is 1. The highest BCUT2D eigenvalue weighted by Gasteiger charge is 2.23. The van der Waals surface area contributed by atoms with Crippen LogP contribution in [0.25, 0.3) is 0 Å². The van der Waals surface area contributed by atoms with Gasteiger partial charge in [-0.1, -0.05) is 49.7 Å². The van der Waals surface area contributed by atoms with Crippen molar-refractivity contribution in [2.75, 3.05) is 18.0 Å². The summed E-state index contributed by atoms with van der Waals surface area (Å²) in [7, 11) is 0. The molecule has 1 aliphatic heterocycles. The second-order valence-electron chi connectivity index (χ2n) is 6.66. The topological polar surface area (TPSA) is 16.1 Å². The van der Waals surface area contributed by atoms with Gasteiger partial charge in [0, 0.05) is 24.1 Å². The van der Waals surface area contributed by atoms with Crippen molar-refractivity contribution in [3.63, 3.8) is 0 Å². The summed E-state index contributed by atoms with van der Waals surface area (Å²) in [5, 5.41) is 0. The maximum absolute atomic E-state index is 4.65. The van der Waals surface area contributed by atoms with Crippen molar-refractivity contribution in [1.82, 2.24) is 4.98 Å². The van der Waals surface area contributed by atoms with E-state index in [1.54, 1.807) is 0 Å². The van der Waals surface area contributed by atoms with Gasteiger partial charge in [0.05, 0.1) is 0 Å². The average molecular weight is 325 g/mol. The van der Waals surface area contributed by atoms with E-state index in [4.69, 9.17) is 0 Å². The van der Waals surface area contributed by atoms with Crippen LogP contribution in [0.3, 0.4) is 0 Å². The third-order valence-corrected chi connectivity index (χ3v) is 4.87. The molecule has 1 unspecified atom stereocenters. The van der Waals surface area contributed by atoms with Crippen molar-refractivity contribution in [1.29, 1.82) is 0 Å². The summed E-state index contributed by atoms with van der Waals surface area (Å²) >= 11 is 3.71. The van der Waals surface area contributed by atoms with Gasteiger partial charge >= 0.3 is 0 Å². The molecule has 1 atom stereocenters. The Balaban J connectivity index is 2.00. The number of halogens is 1. The van der Waals surface area contributed by atoms with Crippen LogP contribution in [0.15, 0.2) is 18.3 Å². The summed E-state index contributed by atoms with van der Waals surface area (Å²) in [4.78, 5) is 7.70. The molecule has 2 nitrogen and oxygen atoms in total. The first-order valence-corrected chi connectivity index (χ1v) is 8.15. The van der Waals surface area contributed by atoms with Crippen LogP contribution in [-0.2, 0) is 5.41 Å². The first-order valence-electron chi connectivity index (χ1n) is 7.23. The zero-order valence-corrected chi connectivity index (χ0v) is 14.1. The fourth-order valence-electron chi connectivity index (χ4n) is 2.60. The molecule has 0 saturated carbocycles. The lowest BCUT2D eigenvalue weighted by Gasteiger charge is -2.34. The Labute approximate surface area is 125 Å². The number of rotatable bonds is 2. The van der Waals surface area contributed by atoms with Gasteiger partial charge < -0.3 is 4.90 Å². The molecule has 3 heteroatoms. The van der Waals surface area contributed by atoms with Crippen LogP contribution < -0.4 is 4.90 Å². The Morgan fingerprint density at radius 1 is 1.26 bits per heavy atom. The highest BCUT2D eigenvalue weighted by Crippen LogP contribution is 2.28. The van der Waals surface area contributed by atoms with Crippen LogP contribution >= 0.6 is 15.9 Å². The number of hydrogen-bond donors (Lipinski definition) is 0. The van der Waals surface area contributed by atoms with Gasteiger partial charge in [-0.15, -0.1) is 0 Å². The molecule has 0 N–H and O–H groups in total. The van der Waals surface area contributed by atoms with Crippen LogP contribution in [0.4, 0.5) is 5.82 Å². The van der Waals surface area contributed by atoms with Gasteiger partial charge in [0.2, 0.25) is 0 Å². The average Bonchev–Trinajstić information content (AvgIpc) is 2.38. The molecular weight excluding hydrogens is 300 g/mol. The monoisotopic (exact) mass is 324 g/mol. The molecule has 0 aliphatic carbocycles. The van der Waals surface area contributed by atoms with Crippen LogP contribution in [0.1, 0.15) is 46.1 Å². The van der Waals surface area contributed by atoms with E-state index in [2.05, 4.69) is 65.6 Å². The number of piperidine rings is 1. The molecule has 2 rings (SSSR count). The summed E-state index contributed by atoms with van der Waals surface area (Å²) in [6.45, 7) is 11.2. The first kappa shape index (κ1) is 14.8.